The van der Waals surface area contributed by atoms with Crippen LogP contribution in [0.2, 0.25) is 5.02 Å². The number of nitrogens with one attached hydrogen (secondary N) is 1. The van der Waals surface area contributed by atoms with Gasteiger partial charge >= 0.3 is 11.9 Å². The van der Waals surface area contributed by atoms with Crippen molar-refractivity contribution in [2.75, 3.05) is 11.9 Å². The lowest BCUT2D eigenvalue weighted by molar-refractivity contribution is -0.118. The van der Waals surface area contributed by atoms with Crippen LogP contribution in [0.1, 0.15) is 20.7 Å². The molecule has 0 aliphatic heterocycles. The molecule has 3 N–H and O–H groups in total. The number of carboxylic acid groups (broad SMARTS) is 2. The maximum absolute atomic E-state index is 12.0. The van der Waals surface area contributed by atoms with Crippen molar-refractivity contribution in [3.05, 3.63) is 82.9 Å². The molecule has 3 aromatic carbocycles. The third-order valence-electron chi connectivity index (χ3n) is 4.02. The first kappa shape index (κ1) is 21.7. The maximum atomic E-state index is 12.0. The van der Waals surface area contributed by atoms with Crippen molar-refractivity contribution in [1.82, 2.24) is 0 Å². The summed E-state index contributed by atoms with van der Waals surface area (Å²) in [6.07, 6.45) is 0. The Labute approximate surface area is 181 Å². The van der Waals surface area contributed by atoms with Crippen LogP contribution in [-0.2, 0) is 4.79 Å². The Balaban J connectivity index is 1.61. The predicted molar refractivity (Wildman–Crippen MR) is 112 cm³/mol. The summed E-state index contributed by atoms with van der Waals surface area (Å²) in [6, 6.07) is 16.8. The lowest BCUT2D eigenvalue weighted by Gasteiger charge is -2.10. The van der Waals surface area contributed by atoms with E-state index in [1.807, 2.05) is 0 Å². The smallest absolute Gasteiger partial charge is 0.336 e. The molecule has 0 spiro atoms. The summed E-state index contributed by atoms with van der Waals surface area (Å²) in [4.78, 5) is 34.4. The van der Waals surface area contributed by atoms with Crippen LogP contribution in [0.25, 0.3) is 0 Å². The molecular formula is C22H16ClNO7. The van der Waals surface area contributed by atoms with Gasteiger partial charge in [-0.15, -0.1) is 0 Å². The highest BCUT2D eigenvalue weighted by Crippen LogP contribution is 2.26. The zero-order valence-corrected chi connectivity index (χ0v) is 16.6. The second kappa shape index (κ2) is 9.64. The van der Waals surface area contributed by atoms with Crippen molar-refractivity contribution in [2.24, 2.45) is 0 Å². The van der Waals surface area contributed by atoms with E-state index in [-0.39, 0.29) is 29.4 Å². The van der Waals surface area contributed by atoms with Crippen molar-refractivity contribution in [3.63, 3.8) is 0 Å². The van der Waals surface area contributed by atoms with Crippen molar-refractivity contribution in [3.8, 4) is 17.2 Å². The molecule has 31 heavy (non-hydrogen) atoms. The highest BCUT2D eigenvalue weighted by atomic mass is 35.5. The molecule has 0 saturated heterocycles. The number of hydrogen-bond donors (Lipinski definition) is 3. The molecule has 8 nitrogen and oxygen atoms in total. The molecular weight excluding hydrogens is 426 g/mol. The Hall–Kier alpha value is -4.04. The molecule has 0 unspecified atom stereocenters. The Morgan fingerprint density at radius 2 is 1.48 bits per heavy atom. The maximum Gasteiger partial charge on any atom is 0.336 e. The fraction of sp³-hybridized carbons (Fsp3) is 0.0455. The number of carboxylic acids is 2. The first-order valence-corrected chi connectivity index (χ1v) is 9.27. The number of hydrogen-bond acceptors (Lipinski definition) is 5. The molecule has 0 radical (unpaired) electrons. The molecule has 0 heterocycles. The molecule has 0 fully saturated rings. The molecule has 3 rings (SSSR count). The van der Waals surface area contributed by atoms with Gasteiger partial charge in [0, 0.05) is 5.69 Å². The van der Waals surface area contributed by atoms with E-state index < -0.39 is 11.9 Å². The summed E-state index contributed by atoms with van der Waals surface area (Å²) >= 11 is 5.97. The van der Waals surface area contributed by atoms with Crippen molar-refractivity contribution in [1.29, 1.82) is 0 Å². The van der Waals surface area contributed by atoms with Crippen molar-refractivity contribution in [2.45, 2.75) is 0 Å². The van der Waals surface area contributed by atoms with Gasteiger partial charge in [0.25, 0.3) is 5.91 Å². The van der Waals surface area contributed by atoms with Gasteiger partial charge in [-0.3, -0.25) is 4.79 Å². The molecule has 3 aromatic rings. The van der Waals surface area contributed by atoms with Gasteiger partial charge in [0.1, 0.15) is 17.2 Å². The zero-order valence-electron chi connectivity index (χ0n) is 15.9. The van der Waals surface area contributed by atoms with E-state index in [1.165, 1.54) is 6.07 Å². The fourth-order valence-corrected chi connectivity index (χ4v) is 2.79. The SMILES string of the molecule is O=C(COc1ccccc1Cl)Nc1ccc(Oc2ccc(C(=O)O)c(C(=O)O)c2)cc1. The summed E-state index contributed by atoms with van der Waals surface area (Å²) in [6.45, 7) is -0.226. The molecule has 9 heteroatoms. The van der Waals surface area contributed by atoms with Gasteiger partial charge < -0.3 is 25.0 Å². The van der Waals surface area contributed by atoms with Crippen LogP contribution in [-0.4, -0.2) is 34.7 Å². The fourth-order valence-electron chi connectivity index (χ4n) is 2.59. The van der Waals surface area contributed by atoms with E-state index in [0.717, 1.165) is 12.1 Å². The first-order chi connectivity index (χ1) is 14.8. The van der Waals surface area contributed by atoms with Crippen LogP contribution in [0, 0.1) is 0 Å². The average molecular weight is 442 g/mol. The Morgan fingerprint density at radius 3 is 2.13 bits per heavy atom. The molecule has 0 aromatic heterocycles. The number of ether oxygens (including phenoxy) is 2. The van der Waals surface area contributed by atoms with Crippen molar-refractivity contribution < 1.29 is 34.1 Å². The monoisotopic (exact) mass is 441 g/mol. The van der Waals surface area contributed by atoms with E-state index in [0.29, 0.717) is 22.2 Å². The van der Waals surface area contributed by atoms with Gasteiger partial charge in [-0.2, -0.15) is 0 Å². The van der Waals surface area contributed by atoms with Gasteiger partial charge in [-0.1, -0.05) is 23.7 Å². The van der Waals surface area contributed by atoms with E-state index in [1.54, 1.807) is 48.5 Å². The Kier molecular flexibility index (Phi) is 6.74. The Morgan fingerprint density at radius 1 is 0.839 bits per heavy atom. The standard InChI is InChI=1S/C22H16ClNO7/c23-18-3-1-2-4-19(18)30-12-20(25)24-13-5-7-14(8-6-13)31-15-9-10-16(21(26)27)17(11-15)22(28)29/h1-11H,12H2,(H,24,25)(H,26,27)(H,28,29). The van der Waals surface area contributed by atoms with Gasteiger partial charge in [0.2, 0.25) is 0 Å². The lowest BCUT2D eigenvalue weighted by atomic mass is 10.1. The molecule has 158 valence electrons. The number of halogens is 1. The first-order valence-electron chi connectivity index (χ1n) is 8.89. The summed E-state index contributed by atoms with van der Waals surface area (Å²) < 4.78 is 10.9. The topological polar surface area (TPSA) is 122 Å². The highest BCUT2D eigenvalue weighted by Gasteiger charge is 2.17. The minimum atomic E-state index is -1.38. The summed E-state index contributed by atoms with van der Waals surface area (Å²) in [7, 11) is 0. The van der Waals surface area contributed by atoms with Crippen LogP contribution >= 0.6 is 11.6 Å². The number of para-hydroxylation sites is 1. The number of benzene rings is 3. The van der Waals surface area contributed by atoms with Gasteiger partial charge in [-0.05, 0) is 54.6 Å². The second-order valence-electron chi connectivity index (χ2n) is 6.21. The minimum absolute atomic E-state index is 0.160. The number of amides is 1. The lowest BCUT2D eigenvalue weighted by Crippen LogP contribution is -2.20. The third-order valence-corrected chi connectivity index (χ3v) is 4.33. The van der Waals surface area contributed by atoms with Crippen LogP contribution < -0.4 is 14.8 Å². The van der Waals surface area contributed by atoms with Crippen LogP contribution in [0.15, 0.2) is 66.7 Å². The van der Waals surface area contributed by atoms with Gasteiger partial charge in [-0.25, -0.2) is 9.59 Å². The normalized spacial score (nSPS) is 10.2. The third kappa shape index (κ3) is 5.74. The molecule has 0 saturated carbocycles. The van der Waals surface area contributed by atoms with Crippen LogP contribution in [0.5, 0.6) is 17.2 Å². The molecule has 0 bridgehead atoms. The van der Waals surface area contributed by atoms with Crippen molar-refractivity contribution >= 4 is 35.1 Å². The largest absolute Gasteiger partial charge is 0.482 e. The summed E-state index contributed by atoms with van der Waals surface area (Å²) in [5.41, 5.74) is -0.225. The van der Waals surface area contributed by atoms with Crippen LogP contribution in [0.3, 0.4) is 0 Å². The molecule has 1 amide bonds. The van der Waals surface area contributed by atoms with Crippen LogP contribution in [0.4, 0.5) is 5.69 Å². The number of carbonyl (C=O) groups is 3. The van der Waals surface area contributed by atoms with E-state index in [9.17, 15) is 19.5 Å². The summed E-state index contributed by atoms with van der Waals surface area (Å²) in [5, 5.41) is 21.3. The molecule has 0 aliphatic carbocycles. The van der Waals surface area contributed by atoms with E-state index in [4.69, 9.17) is 26.2 Å². The Bertz CT molecular complexity index is 1130. The molecule has 0 aliphatic rings. The average Bonchev–Trinajstić information content (AvgIpc) is 2.74. The zero-order chi connectivity index (χ0) is 22.4. The number of rotatable bonds is 8. The van der Waals surface area contributed by atoms with E-state index in [2.05, 4.69) is 5.32 Å². The molecule has 0 atom stereocenters. The quantitative estimate of drug-likeness (QED) is 0.468. The second-order valence-corrected chi connectivity index (χ2v) is 6.62. The minimum Gasteiger partial charge on any atom is -0.482 e. The van der Waals surface area contributed by atoms with Gasteiger partial charge in [0.15, 0.2) is 6.61 Å². The predicted octanol–water partition coefficient (Wildman–Crippen LogP) is 4.55. The van der Waals surface area contributed by atoms with E-state index >= 15 is 0 Å². The highest BCUT2D eigenvalue weighted by molar-refractivity contribution is 6.32. The van der Waals surface area contributed by atoms with Gasteiger partial charge in [0.05, 0.1) is 16.1 Å². The number of anilines is 1. The summed E-state index contributed by atoms with van der Waals surface area (Å²) in [5.74, 6) is -2.18. The number of aromatic carboxylic acids is 2. The number of carbonyl (C=O) groups excluding carboxylic acids is 1.